The van der Waals surface area contributed by atoms with E-state index >= 15 is 0 Å². The summed E-state index contributed by atoms with van der Waals surface area (Å²) < 4.78 is 11.8. The Bertz CT molecular complexity index is 517. The predicted octanol–water partition coefficient (Wildman–Crippen LogP) is 1.23. The summed E-state index contributed by atoms with van der Waals surface area (Å²) in [6.45, 7) is 1.59. The minimum absolute atomic E-state index is 0.0230. The number of halogens is 1. The van der Waals surface area contributed by atoms with Crippen molar-refractivity contribution in [1.29, 1.82) is 0 Å². The molecule has 1 fully saturated rings. The lowest BCUT2D eigenvalue weighted by molar-refractivity contribution is -0.138. The molecule has 0 radical (unpaired) electrons. The smallest absolute Gasteiger partial charge is 0.325 e. The first-order valence-corrected chi connectivity index (χ1v) is 6.92. The highest BCUT2D eigenvalue weighted by molar-refractivity contribution is 9.10. The van der Waals surface area contributed by atoms with Gasteiger partial charge in [-0.25, -0.2) is 0 Å². The second kappa shape index (κ2) is 5.99. The van der Waals surface area contributed by atoms with E-state index in [-0.39, 0.29) is 6.10 Å². The monoisotopic (exact) mass is 344 g/mol. The number of carboxylic acids is 1. The van der Waals surface area contributed by atoms with Gasteiger partial charge in [0.2, 0.25) is 0 Å². The van der Waals surface area contributed by atoms with Crippen molar-refractivity contribution in [2.75, 3.05) is 27.2 Å². The Morgan fingerprint density at radius 3 is 2.70 bits per heavy atom. The maximum absolute atomic E-state index is 11.1. The van der Waals surface area contributed by atoms with E-state index in [4.69, 9.17) is 20.3 Å². The van der Waals surface area contributed by atoms with Crippen molar-refractivity contribution >= 4 is 21.9 Å². The van der Waals surface area contributed by atoms with Gasteiger partial charge in [-0.2, -0.15) is 0 Å². The van der Waals surface area contributed by atoms with Gasteiger partial charge in [-0.1, -0.05) is 15.9 Å². The molecule has 0 bridgehead atoms. The molecule has 1 aromatic carbocycles. The van der Waals surface area contributed by atoms with Crippen molar-refractivity contribution in [2.45, 2.75) is 12.1 Å². The Balaban J connectivity index is 2.36. The third kappa shape index (κ3) is 3.05. The average molecular weight is 345 g/mol. The number of likely N-dealkylation sites (N-methyl/N-ethyl adjacent to an activating group) is 1. The average Bonchev–Trinajstić information content (AvgIpc) is 2.36. The third-order valence-electron chi connectivity index (χ3n) is 3.18. The largest absolute Gasteiger partial charge is 0.493 e. The number of benzene rings is 1. The van der Waals surface area contributed by atoms with E-state index in [1.807, 2.05) is 7.05 Å². The molecule has 1 heterocycles. The van der Waals surface area contributed by atoms with Crippen LogP contribution in [0.25, 0.3) is 0 Å². The van der Waals surface area contributed by atoms with Crippen LogP contribution in [0.5, 0.6) is 11.5 Å². The minimum Gasteiger partial charge on any atom is -0.493 e. The van der Waals surface area contributed by atoms with Gasteiger partial charge in [-0.15, -0.1) is 0 Å². The zero-order valence-electron chi connectivity index (χ0n) is 11.3. The molecule has 110 valence electrons. The molecule has 0 amide bonds. The summed E-state index contributed by atoms with van der Waals surface area (Å²) in [5.41, 5.74) is 6.13. The first kappa shape index (κ1) is 15.1. The molecule has 0 spiro atoms. The zero-order valence-corrected chi connectivity index (χ0v) is 12.9. The third-order valence-corrected chi connectivity index (χ3v) is 3.64. The Labute approximate surface area is 125 Å². The van der Waals surface area contributed by atoms with Crippen LogP contribution < -0.4 is 15.2 Å². The lowest BCUT2D eigenvalue weighted by atomic mass is 10.1. The molecule has 1 unspecified atom stereocenters. The van der Waals surface area contributed by atoms with E-state index in [1.54, 1.807) is 12.1 Å². The molecule has 7 heteroatoms. The topological polar surface area (TPSA) is 85.0 Å². The van der Waals surface area contributed by atoms with Gasteiger partial charge in [-0.05, 0) is 19.2 Å². The normalized spacial score (nSPS) is 17.4. The van der Waals surface area contributed by atoms with Crippen molar-refractivity contribution in [2.24, 2.45) is 5.73 Å². The fourth-order valence-corrected chi connectivity index (χ4v) is 2.57. The van der Waals surface area contributed by atoms with Crippen molar-refractivity contribution in [1.82, 2.24) is 4.90 Å². The quantitative estimate of drug-likeness (QED) is 0.835. The molecule has 2 rings (SSSR count). The van der Waals surface area contributed by atoms with E-state index in [2.05, 4.69) is 20.8 Å². The Kier molecular flexibility index (Phi) is 4.52. The standard InChI is InChI=1S/C13H17BrN2O4/c1-16-5-8(6-16)20-12-9(11(15)13(17)18)3-7(14)4-10(12)19-2/h3-4,8,11H,5-6,15H2,1-2H3,(H,17,18). The summed E-state index contributed by atoms with van der Waals surface area (Å²) >= 11 is 3.32. The van der Waals surface area contributed by atoms with Crippen molar-refractivity contribution < 1.29 is 19.4 Å². The maximum atomic E-state index is 11.1. The number of methoxy groups -OCH3 is 1. The predicted molar refractivity (Wildman–Crippen MR) is 77.2 cm³/mol. The molecule has 20 heavy (non-hydrogen) atoms. The molecule has 1 aliphatic heterocycles. The second-order valence-corrected chi connectivity index (χ2v) is 5.72. The van der Waals surface area contributed by atoms with Gasteiger partial charge in [0.05, 0.1) is 7.11 Å². The number of hydrogen-bond donors (Lipinski definition) is 2. The van der Waals surface area contributed by atoms with Crippen LogP contribution in [-0.2, 0) is 4.79 Å². The van der Waals surface area contributed by atoms with Gasteiger partial charge in [0.1, 0.15) is 12.1 Å². The highest BCUT2D eigenvalue weighted by Gasteiger charge is 2.29. The van der Waals surface area contributed by atoms with Gasteiger partial charge in [0.25, 0.3) is 0 Å². The lowest BCUT2D eigenvalue weighted by Gasteiger charge is -2.37. The highest BCUT2D eigenvalue weighted by atomic mass is 79.9. The van der Waals surface area contributed by atoms with E-state index in [0.717, 1.165) is 13.1 Å². The molecule has 0 saturated carbocycles. The summed E-state index contributed by atoms with van der Waals surface area (Å²) in [7, 11) is 3.50. The molecule has 1 aliphatic rings. The lowest BCUT2D eigenvalue weighted by Crippen LogP contribution is -2.51. The molecule has 1 aromatic rings. The van der Waals surface area contributed by atoms with E-state index < -0.39 is 12.0 Å². The highest BCUT2D eigenvalue weighted by Crippen LogP contribution is 2.38. The molecule has 6 nitrogen and oxygen atoms in total. The molecule has 1 saturated heterocycles. The Morgan fingerprint density at radius 2 is 2.20 bits per heavy atom. The van der Waals surface area contributed by atoms with Crippen LogP contribution in [0.4, 0.5) is 0 Å². The molecule has 3 N–H and O–H groups in total. The molecular weight excluding hydrogens is 328 g/mol. The summed E-state index contributed by atoms with van der Waals surface area (Å²) in [5.74, 6) is -0.231. The second-order valence-electron chi connectivity index (χ2n) is 4.80. The van der Waals surface area contributed by atoms with E-state index in [0.29, 0.717) is 21.5 Å². The van der Waals surface area contributed by atoms with Gasteiger partial charge in [0.15, 0.2) is 11.5 Å². The molecular formula is C13H17BrN2O4. The number of likely N-dealkylation sites (tertiary alicyclic amines) is 1. The van der Waals surface area contributed by atoms with Crippen LogP contribution in [0, 0.1) is 0 Å². The van der Waals surface area contributed by atoms with Crippen LogP contribution >= 0.6 is 15.9 Å². The summed E-state index contributed by atoms with van der Waals surface area (Å²) in [6.07, 6.45) is 0.0230. The van der Waals surface area contributed by atoms with Crippen molar-refractivity contribution in [3.63, 3.8) is 0 Å². The zero-order chi connectivity index (χ0) is 14.9. The van der Waals surface area contributed by atoms with Crippen LogP contribution in [0.2, 0.25) is 0 Å². The van der Waals surface area contributed by atoms with Gasteiger partial charge in [-0.3, -0.25) is 9.69 Å². The van der Waals surface area contributed by atoms with Crippen molar-refractivity contribution in [3.05, 3.63) is 22.2 Å². The fraction of sp³-hybridized carbons (Fsp3) is 0.462. The van der Waals surface area contributed by atoms with Crippen LogP contribution in [0.1, 0.15) is 11.6 Å². The number of nitrogens with two attached hydrogens (primary N) is 1. The number of nitrogens with zero attached hydrogens (tertiary/aromatic N) is 1. The fourth-order valence-electron chi connectivity index (χ4n) is 2.11. The first-order chi connectivity index (χ1) is 9.42. The van der Waals surface area contributed by atoms with Crippen molar-refractivity contribution in [3.8, 4) is 11.5 Å². The molecule has 1 atom stereocenters. The SMILES string of the molecule is COc1cc(Br)cc(C(N)C(=O)O)c1OC1CN(C)C1. The number of hydrogen-bond acceptors (Lipinski definition) is 5. The molecule has 0 aromatic heterocycles. The minimum atomic E-state index is -1.16. The number of carboxylic acid groups (broad SMARTS) is 1. The first-order valence-electron chi connectivity index (χ1n) is 6.13. The summed E-state index contributed by atoms with van der Waals surface area (Å²) in [4.78, 5) is 13.2. The Morgan fingerprint density at radius 1 is 1.55 bits per heavy atom. The van der Waals surface area contributed by atoms with E-state index in [1.165, 1.54) is 7.11 Å². The Hall–Kier alpha value is -1.31. The number of carbonyl (C=O) groups is 1. The van der Waals surface area contributed by atoms with Crippen LogP contribution in [-0.4, -0.2) is 49.3 Å². The molecule has 0 aliphatic carbocycles. The maximum Gasteiger partial charge on any atom is 0.325 e. The van der Waals surface area contributed by atoms with E-state index in [9.17, 15) is 4.79 Å². The van der Waals surface area contributed by atoms with Gasteiger partial charge >= 0.3 is 5.97 Å². The van der Waals surface area contributed by atoms with Crippen LogP contribution in [0.15, 0.2) is 16.6 Å². The van der Waals surface area contributed by atoms with Gasteiger partial charge < -0.3 is 20.3 Å². The number of aliphatic carboxylic acids is 1. The van der Waals surface area contributed by atoms with Gasteiger partial charge in [0, 0.05) is 23.1 Å². The number of ether oxygens (including phenoxy) is 2. The number of rotatable bonds is 5. The van der Waals surface area contributed by atoms with Crippen LogP contribution in [0.3, 0.4) is 0 Å². The summed E-state index contributed by atoms with van der Waals surface area (Å²) in [6, 6.07) is 2.23. The summed E-state index contributed by atoms with van der Waals surface area (Å²) in [5, 5.41) is 9.12.